The molecule has 0 aromatic heterocycles. The molecular formula is C33H69N3O6+2. The second-order valence-corrected chi connectivity index (χ2v) is 12.8. The van der Waals surface area contributed by atoms with Crippen LogP contribution in [0, 0.1) is 0 Å². The van der Waals surface area contributed by atoms with Gasteiger partial charge in [-0.05, 0) is 52.4 Å². The maximum absolute atomic E-state index is 11.9. The van der Waals surface area contributed by atoms with E-state index in [9.17, 15) is 9.59 Å². The molecule has 0 saturated heterocycles. The largest absolute Gasteiger partial charge is 0.379 e. The maximum atomic E-state index is 11.9. The van der Waals surface area contributed by atoms with Crippen molar-refractivity contribution >= 4 is 11.7 Å². The molecule has 0 saturated carbocycles. The first kappa shape index (κ1) is 40.9. The van der Waals surface area contributed by atoms with Crippen molar-refractivity contribution in [2.75, 3.05) is 114 Å². The summed E-state index contributed by atoms with van der Waals surface area (Å²) in [5.74, 6) is 0.157. The Labute approximate surface area is 259 Å². The summed E-state index contributed by atoms with van der Waals surface area (Å²) < 4.78 is 23.1. The molecule has 0 rings (SSSR count). The molecule has 0 aromatic carbocycles. The molecule has 0 atom stereocenters. The molecule has 42 heavy (non-hydrogen) atoms. The Hall–Kier alpha value is -1.10. The second-order valence-electron chi connectivity index (χ2n) is 12.8. The third-order valence-corrected chi connectivity index (χ3v) is 7.66. The van der Waals surface area contributed by atoms with Crippen molar-refractivity contribution in [3.05, 3.63) is 0 Å². The smallest absolute Gasteiger partial charge is 0.246 e. The number of hydrogen-bond donors (Lipinski definition) is 1. The van der Waals surface area contributed by atoms with E-state index in [1.165, 1.54) is 64.5 Å². The van der Waals surface area contributed by atoms with Gasteiger partial charge in [-0.25, -0.2) is 0 Å². The number of rotatable bonds is 32. The Morgan fingerprint density at radius 3 is 1.43 bits per heavy atom. The number of nitrogens with one attached hydrogen (secondary N) is 1. The summed E-state index contributed by atoms with van der Waals surface area (Å²) in [6, 6.07) is 0. The third kappa shape index (κ3) is 29.0. The number of carbonyl (C=O) groups is 2. The minimum absolute atomic E-state index is 0.0454. The lowest BCUT2D eigenvalue weighted by molar-refractivity contribution is -0.890. The zero-order chi connectivity index (χ0) is 31.4. The van der Waals surface area contributed by atoms with Crippen molar-refractivity contribution in [2.45, 2.75) is 90.9 Å². The number of unbranched alkanes of at least 4 members (excludes halogenated alkanes) is 8. The topological polar surface area (TPSA) is 83.1 Å². The molecule has 0 radical (unpaired) electrons. The first-order chi connectivity index (χ1) is 20.1. The molecule has 0 fully saturated rings. The Balaban J connectivity index is 3.60. The minimum atomic E-state index is -0.0454. The van der Waals surface area contributed by atoms with Gasteiger partial charge in [0.2, 0.25) is 5.91 Å². The molecule has 1 N–H and O–H groups in total. The van der Waals surface area contributed by atoms with Gasteiger partial charge >= 0.3 is 0 Å². The fourth-order valence-electron chi connectivity index (χ4n) is 4.96. The molecular weight excluding hydrogens is 534 g/mol. The average molecular weight is 604 g/mol. The molecule has 9 heteroatoms. The standard InChI is InChI=1S/C33H68N3O6/c1-7-39-26-28-41-30-32(37)20-15-18-24-35(3,4)22-16-13-11-9-10-12-14-17-23-36(5,6)25-19-21-34-33(38)31-42-29-27-40-8-2/h7-31H2,1-6H3/q+1/p+1. The van der Waals surface area contributed by atoms with Gasteiger partial charge in [-0.2, -0.15) is 0 Å². The molecule has 0 heterocycles. The van der Waals surface area contributed by atoms with Gasteiger partial charge in [-0.1, -0.05) is 25.7 Å². The van der Waals surface area contributed by atoms with Crippen LogP contribution >= 0.6 is 0 Å². The predicted octanol–water partition coefficient (Wildman–Crippen LogP) is 4.61. The lowest BCUT2D eigenvalue weighted by Crippen LogP contribution is -2.42. The van der Waals surface area contributed by atoms with Gasteiger partial charge in [0.15, 0.2) is 5.78 Å². The van der Waals surface area contributed by atoms with Crippen LogP contribution in [0.1, 0.15) is 90.9 Å². The lowest BCUT2D eigenvalue weighted by atomic mass is 10.1. The van der Waals surface area contributed by atoms with E-state index in [0.29, 0.717) is 52.6 Å². The monoisotopic (exact) mass is 604 g/mol. The fraction of sp³-hybridized carbons (Fsp3) is 0.939. The molecule has 250 valence electrons. The minimum Gasteiger partial charge on any atom is -0.379 e. The highest BCUT2D eigenvalue weighted by atomic mass is 16.5. The lowest BCUT2D eigenvalue weighted by Gasteiger charge is -2.30. The van der Waals surface area contributed by atoms with Crippen molar-refractivity contribution in [1.29, 1.82) is 0 Å². The molecule has 0 aliphatic rings. The highest BCUT2D eigenvalue weighted by molar-refractivity contribution is 5.79. The number of nitrogens with zero attached hydrogens (tertiary/aromatic N) is 2. The zero-order valence-electron chi connectivity index (χ0n) is 28.5. The van der Waals surface area contributed by atoms with Crippen LogP contribution < -0.4 is 5.32 Å². The molecule has 0 spiro atoms. The van der Waals surface area contributed by atoms with Crippen LogP contribution in [0.2, 0.25) is 0 Å². The Bertz CT molecular complexity index is 591. The van der Waals surface area contributed by atoms with Gasteiger partial charge in [0.25, 0.3) is 0 Å². The van der Waals surface area contributed by atoms with Crippen molar-refractivity contribution in [3.63, 3.8) is 0 Å². The number of Topliss-reactive ketones (excluding diaryl/α,β-unsaturated/α-hetero) is 1. The highest BCUT2D eigenvalue weighted by Gasteiger charge is 2.15. The maximum Gasteiger partial charge on any atom is 0.246 e. The van der Waals surface area contributed by atoms with E-state index < -0.39 is 0 Å². The van der Waals surface area contributed by atoms with Crippen molar-refractivity contribution < 1.29 is 37.5 Å². The van der Waals surface area contributed by atoms with Crippen molar-refractivity contribution in [2.24, 2.45) is 0 Å². The van der Waals surface area contributed by atoms with Crippen LogP contribution in [0.5, 0.6) is 0 Å². The van der Waals surface area contributed by atoms with Gasteiger partial charge in [0.1, 0.15) is 13.2 Å². The van der Waals surface area contributed by atoms with E-state index >= 15 is 0 Å². The molecule has 0 aliphatic carbocycles. The van der Waals surface area contributed by atoms with E-state index in [-0.39, 0.29) is 24.9 Å². The quantitative estimate of drug-likeness (QED) is 0.0893. The molecule has 1 amide bonds. The van der Waals surface area contributed by atoms with Gasteiger partial charge in [0.05, 0.1) is 80.8 Å². The Morgan fingerprint density at radius 2 is 0.929 bits per heavy atom. The van der Waals surface area contributed by atoms with E-state index in [4.69, 9.17) is 18.9 Å². The molecule has 0 aliphatic heterocycles. The van der Waals surface area contributed by atoms with Crippen molar-refractivity contribution in [1.82, 2.24) is 5.32 Å². The van der Waals surface area contributed by atoms with E-state index in [1.54, 1.807) is 0 Å². The highest BCUT2D eigenvalue weighted by Crippen LogP contribution is 2.13. The fourth-order valence-corrected chi connectivity index (χ4v) is 4.96. The summed E-state index contributed by atoms with van der Waals surface area (Å²) in [5, 5.41) is 2.95. The zero-order valence-corrected chi connectivity index (χ0v) is 28.5. The summed E-state index contributed by atoms with van der Waals surface area (Å²) in [6.45, 7) is 13.0. The first-order valence-electron chi connectivity index (χ1n) is 16.8. The summed E-state index contributed by atoms with van der Waals surface area (Å²) in [6.07, 6.45) is 14.2. The number of carbonyl (C=O) groups excluding carboxylic acids is 2. The van der Waals surface area contributed by atoms with Crippen LogP contribution in [-0.2, 0) is 28.5 Å². The molecule has 0 bridgehead atoms. The van der Waals surface area contributed by atoms with E-state index in [1.807, 2.05) is 13.8 Å². The van der Waals surface area contributed by atoms with Crippen LogP contribution in [-0.4, -0.2) is 134 Å². The van der Waals surface area contributed by atoms with Crippen LogP contribution in [0.3, 0.4) is 0 Å². The van der Waals surface area contributed by atoms with Crippen LogP contribution in [0.4, 0.5) is 0 Å². The van der Waals surface area contributed by atoms with Gasteiger partial charge < -0.3 is 33.2 Å². The number of hydrogen-bond acceptors (Lipinski definition) is 6. The summed E-state index contributed by atoms with van der Waals surface area (Å²) in [7, 11) is 9.21. The van der Waals surface area contributed by atoms with E-state index in [0.717, 1.165) is 41.3 Å². The van der Waals surface area contributed by atoms with Gasteiger partial charge in [-0.15, -0.1) is 0 Å². The third-order valence-electron chi connectivity index (χ3n) is 7.66. The first-order valence-corrected chi connectivity index (χ1v) is 16.8. The van der Waals surface area contributed by atoms with Crippen molar-refractivity contribution in [3.8, 4) is 0 Å². The predicted molar refractivity (Wildman–Crippen MR) is 172 cm³/mol. The number of quaternary nitrogens is 2. The van der Waals surface area contributed by atoms with Crippen LogP contribution in [0.15, 0.2) is 0 Å². The SMILES string of the molecule is CCOCCOCC(=O)CCCC[N+](C)(C)CCCCCCCCCC[N+](C)(C)CCCNC(=O)COCCOCC. The number of amides is 1. The average Bonchev–Trinajstić information content (AvgIpc) is 2.94. The number of ether oxygens (including phenoxy) is 4. The Morgan fingerprint density at radius 1 is 0.524 bits per heavy atom. The van der Waals surface area contributed by atoms with Gasteiger partial charge in [-0.3, -0.25) is 9.59 Å². The van der Waals surface area contributed by atoms with E-state index in [2.05, 4.69) is 33.5 Å². The number of ketones is 1. The normalized spacial score (nSPS) is 12.1. The molecule has 0 unspecified atom stereocenters. The summed E-state index contributed by atoms with van der Waals surface area (Å²) in [4.78, 5) is 23.7. The summed E-state index contributed by atoms with van der Waals surface area (Å²) >= 11 is 0. The van der Waals surface area contributed by atoms with Gasteiger partial charge in [0, 0.05) is 32.6 Å². The molecule has 0 aromatic rings. The molecule has 9 nitrogen and oxygen atoms in total. The Kier molecular flexibility index (Phi) is 26.7. The van der Waals surface area contributed by atoms with Crippen LogP contribution in [0.25, 0.3) is 0 Å². The second kappa shape index (κ2) is 27.4. The summed E-state index contributed by atoms with van der Waals surface area (Å²) in [5.41, 5.74) is 0.